The van der Waals surface area contributed by atoms with E-state index in [0.29, 0.717) is 12.5 Å². The van der Waals surface area contributed by atoms with Gasteiger partial charge in [0.25, 0.3) is 0 Å². The summed E-state index contributed by atoms with van der Waals surface area (Å²) in [5, 5.41) is 3.08. The minimum Gasteiger partial charge on any atom is -0.497 e. The first-order chi connectivity index (χ1) is 12.2. The molecule has 0 bridgehead atoms. The number of nitrogens with one attached hydrogen (secondary N) is 1. The number of aliphatic imine (C=N–C) groups is 1. The molecule has 26 heavy (non-hydrogen) atoms. The summed E-state index contributed by atoms with van der Waals surface area (Å²) in [6, 6.07) is 15.7. The molecule has 0 spiro atoms. The zero-order valence-electron chi connectivity index (χ0n) is 15.0. The van der Waals surface area contributed by atoms with Gasteiger partial charge in [0.15, 0.2) is 5.96 Å². The van der Waals surface area contributed by atoms with Crippen molar-refractivity contribution >= 4 is 46.7 Å². The lowest BCUT2D eigenvalue weighted by Crippen LogP contribution is -2.23. The Morgan fingerprint density at radius 1 is 1.19 bits per heavy atom. The van der Waals surface area contributed by atoms with Gasteiger partial charge in [0.05, 0.1) is 18.1 Å². The predicted molar refractivity (Wildman–Crippen MR) is 118 cm³/mol. The van der Waals surface area contributed by atoms with Crippen LogP contribution in [0.15, 0.2) is 53.5 Å². The Morgan fingerprint density at radius 3 is 2.65 bits per heavy atom. The molecule has 0 radical (unpaired) electrons. The number of hydrogen-bond donors (Lipinski definition) is 2. The van der Waals surface area contributed by atoms with Crippen molar-refractivity contribution in [3.63, 3.8) is 0 Å². The van der Waals surface area contributed by atoms with Crippen LogP contribution in [0.1, 0.15) is 12.2 Å². The molecule has 1 heterocycles. The second-order valence-corrected chi connectivity index (χ2v) is 5.77. The maximum absolute atomic E-state index is 5.94. The van der Waals surface area contributed by atoms with E-state index >= 15 is 0 Å². The number of hydrogen-bond acceptors (Lipinski definition) is 3. The van der Waals surface area contributed by atoms with Gasteiger partial charge in [-0.05, 0) is 49.7 Å². The molecular formula is C19H24IN5O. The van der Waals surface area contributed by atoms with Crippen LogP contribution < -0.4 is 15.8 Å². The van der Waals surface area contributed by atoms with E-state index in [1.54, 1.807) is 7.11 Å². The summed E-state index contributed by atoms with van der Waals surface area (Å²) in [4.78, 5) is 8.97. The number of methoxy groups -OCH3 is 1. The molecule has 0 unspecified atom stereocenters. The van der Waals surface area contributed by atoms with Crippen molar-refractivity contribution in [3.05, 3.63) is 54.4 Å². The molecule has 0 aliphatic heterocycles. The van der Waals surface area contributed by atoms with E-state index in [2.05, 4.69) is 25.9 Å². The Hall–Kier alpha value is -2.29. The number of nitrogens with zero attached hydrogens (tertiary/aromatic N) is 3. The van der Waals surface area contributed by atoms with Crippen LogP contribution >= 0.6 is 24.0 Å². The molecule has 138 valence electrons. The second kappa shape index (κ2) is 9.42. The maximum atomic E-state index is 5.94. The van der Waals surface area contributed by atoms with Gasteiger partial charge in [-0.15, -0.1) is 24.0 Å². The number of halogens is 1. The smallest absolute Gasteiger partial charge is 0.193 e. The summed E-state index contributed by atoms with van der Waals surface area (Å²) in [6.07, 6.45) is 0.895. The zero-order chi connectivity index (χ0) is 17.6. The number of anilines is 1. The number of nitrogens with two attached hydrogens (primary N) is 1. The molecule has 3 aromatic rings. The number of aromatic nitrogens is 2. The molecule has 0 aliphatic rings. The minimum absolute atomic E-state index is 0. The standard InChI is InChI=1S/C19H23N5O.HI/c1-14-22-17-6-3-4-7-18(17)24(14)13-5-12-21-19(20)23-15-8-10-16(25-2)11-9-15;/h3-4,6-11H,5,12-13H2,1-2H3,(H3,20,21,23);1H. The summed E-state index contributed by atoms with van der Waals surface area (Å²) in [5.41, 5.74) is 9.02. The third kappa shape index (κ3) is 4.87. The fourth-order valence-electron chi connectivity index (χ4n) is 2.77. The number of fused-ring (bicyclic) bond motifs is 1. The lowest BCUT2D eigenvalue weighted by atomic mass is 10.3. The van der Waals surface area contributed by atoms with E-state index < -0.39 is 0 Å². The average Bonchev–Trinajstić information content (AvgIpc) is 2.95. The summed E-state index contributed by atoms with van der Waals surface area (Å²) in [5.74, 6) is 2.25. The van der Waals surface area contributed by atoms with Crippen molar-refractivity contribution in [2.24, 2.45) is 10.7 Å². The van der Waals surface area contributed by atoms with Crippen molar-refractivity contribution < 1.29 is 4.74 Å². The quantitative estimate of drug-likeness (QED) is 0.251. The fraction of sp³-hybridized carbons (Fsp3) is 0.263. The number of aryl methyl sites for hydroxylation is 2. The monoisotopic (exact) mass is 465 g/mol. The summed E-state index contributed by atoms with van der Waals surface area (Å²) < 4.78 is 7.35. The molecule has 3 rings (SSSR count). The number of para-hydroxylation sites is 2. The van der Waals surface area contributed by atoms with E-state index in [9.17, 15) is 0 Å². The first-order valence-corrected chi connectivity index (χ1v) is 8.30. The maximum Gasteiger partial charge on any atom is 0.193 e. The fourth-order valence-corrected chi connectivity index (χ4v) is 2.77. The van der Waals surface area contributed by atoms with Crippen LogP contribution in [0.4, 0.5) is 5.69 Å². The highest BCUT2D eigenvalue weighted by molar-refractivity contribution is 14.0. The van der Waals surface area contributed by atoms with E-state index in [4.69, 9.17) is 10.5 Å². The summed E-state index contributed by atoms with van der Waals surface area (Å²) >= 11 is 0. The average molecular weight is 465 g/mol. The highest BCUT2D eigenvalue weighted by atomic mass is 127. The minimum atomic E-state index is 0. The molecule has 0 saturated heterocycles. The Labute approximate surface area is 170 Å². The van der Waals surface area contributed by atoms with Gasteiger partial charge in [-0.25, -0.2) is 4.98 Å². The first-order valence-electron chi connectivity index (χ1n) is 8.30. The van der Waals surface area contributed by atoms with Crippen molar-refractivity contribution in [2.45, 2.75) is 19.9 Å². The number of rotatable bonds is 6. The summed E-state index contributed by atoms with van der Waals surface area (Å²) in [7, 11) is 1.64. The highest BCUT2D eigenvalue weighted by Gasteiger charge is 2.05. The van der Waals surface area contributed by atoms with Gasteiger partial charge in [0, 0.05) is 18.8 Å². The van der Waals surface area contributed by atoms with Crippen LogP contribution in [0.5, 0.6) is 5.75 Å². The highest BCUT2D eigenvalue weighted by Crippen LogP contribution is 2.16. The van der Waals surface area contributed by atoms with E-state index in [1.165, 1.54) is 0 Å². The first kappa shape index (κ1) is 20.0. The number of ether oxygens (including phenoxy) is 1. The van der Waals surface area contributed by atoms with E-state index in [-0.39, 0.29) is 24.0 Å². The Bertz CT molecular complexity index is 873. The molecule has 0 fully saturated rings. The van der Waals surface area contributed by atoms with Gasteiger partial charge < -0.3 is 20.4 Å². The number of imidazole rings is 1. The van der Waals surface area contributed by atoms with E-state index in [0.717, 1.165) is 41.3 Å². The predicted octanol–water partition coefficient (Wildman–Crippen LogP) is 3.79. The zero-order valence-corrected chi connectivity index (χ0v) is 17.3. The van der Waals surface area contributed by atoms with Crippen molar-refractivity contribution in [1.29, 1.82) is 0 Å². The molecule has 1 aromatic heterocycles. The van der Waals surface area contributed by atoms with Crippen LogP contribution in [0, 0.1) is 6.92 Å². The van der Waals surface area contributed by atoms with Crippen molar-refractivity contribution in [2.75, 3.05) is 19.0 Å². The number of guanidine groups is 1. The lowest BCUT2D eigenvalue weighted by Gasteiger charge is -2.08. The molecule has 6 nitrogen and oxygen atoms in total. The Kier molecular flexibility index (Phi) is 7.26. The second-order valence-electron chi connectivity index (χ2n) is 5.77. The third-order valence-electron chi connectivity index (χ3n) is 4.03. The van der Waals surface area contributed by atoms with Gasteiger partial charge in [0.2, 0.25) is 0 Å². The molecule has 0 amide bonds. The van der Waals surface area contributed by atoms with Crippen LogP contribution in [-0.2, 0) is 6.54 Å². The van der Waals surface area contributed by atoms with Crippen LogP contribution in [0.25, 0.3) is 11.0 Å². The molecule has 3 N–H and O–H groups in total. The van der Waals surface area contributed by atoms with Crippen LogP contribution in [0.2, 0.25) is 0 Å². The molecular weight excluding hydrogens is 441 g/mol. The largest absolute Gasteiger partial charge is 0.497 e. The topological polar surface area (TPSA) is 77.5 Å². The van der Waals surface area contributed by atoms with Gasteiger partial charge in [-0.2, -0.15) is 0 Å². The van der Waals surface area contributed by atoms with Crippen LogP contribution in [-0.4, -0.2) is 29.2 Å². The molecule has 0 atom stereocenters. The third-order valence-corrected chi connectivity index (χ3v) is 4.03. The number of benzene rings is 2. The summed E-state index contributed by atoms with van der Waals surface area (Å²) in [6.45, 7) is 3.55. The van der Waals surface area contributed by atoms with Gasteiger partial charge >= 0.3 is 0 Å². The van der Waals surface area contributed by atoms with Crippen molar-refractivity contribution in [3.8, 4) is 5.75 Å². The SMILES string of the molecule is COc1ccc(NC(N)=NCCCn2c(C)nc3ccccc32)cc1.I. The lowest BCUT2D eigenvalue weighted by molar-refractivity contribution is 0.415. The Balaban J connectivity index is 0.00000243. The van der Waals surface area contributed by atoms with Gasteiger partial charge in [-0.1, -0.05) is 12.1 Å². The van der Waals surface area contributed by atoms with Gasteiger partial charge in [0.1, 0.15) is 11.6 Å². The molecule has 0 aliphatic carbocycles. The van der Waals surface area contributed by atoms with E-state index in [1.807, 2.05) is 49.4 Å². The molecule has 2 aromatic carbocycles. The normalized spacial score (nSPS) is 11.2. The van der Waals surface area contributed by atoms with Crippen molar-refractivity contribution in [1.82, 2.24) is 9.55 Å². The van der Waals surface area contributed by atoms with Gasteiger partial charge in [-0.3, -0.25) is 4.99 Å². The van der Waals surface area contributed by atoms with Crippen LogP contribution in [0.3, 0.4) is 0 Å². The molecule has 7 heteroatoms. The molecule has 0 saturated carbocycles. The Morgan fingerprint density at radius 2 is 1.92 bits per heavy atom.